The van der Waals surface area contributed by atoms with E-state index in [4.69, 9.17) is 15.2 Å². The summed E-state index contributed by atoms with van der Waals surface area (Å²) in [5, 5.41) is 17.8. The van der Waals surface area contributed by atoms with Crippen LogP contribution in [0.2, 0.25) is 0 Å². The molecule has 3 N–H and O–H groups in total. The van der Waals surface area contributed by atoms with Gasteiger partial charge in [-0.05, 0) is 50.8 Å². The zero-order chi connectivity index (χ0) is 22.9. The maximum Gasteiger partial charge on any atom is 0.419 e. The van der Waals surface area contributed by atoms with Gasteiger partial charge < -0.3 is 20.3 Å². The SMILES string of the molecule is CCCOCCCCCCOc1ccc(-c2nnc([C@@](C)(N)CO)s2)cc1C(F)(F)F. The lowest BCUT2D eigenvalue weighted by atomic mass is 10.1. The second kappa shape index (κ2) is 11.8. The van der Waals surface area contributed by atoms with Crippen LogP contribution in [-0.2, 0) is 16.5 Å². The molecule has 0 saturated carbocycles. The first-order chi connectivity index (χ1) is 14.7. The van der Waals surface area contributed by atoms with E-state index in [-0.39, 0.29) is 24.5 Å². The van der Waals surface area contributed by atoms with Crippen molar-refractivity contribution in [2.45, 2.75) is 57.7 Å². The Morgan fingerprint density at radius 3 is 2.42 bits per heavy atom. The fourth-order valence-electron chi connectivity index (χ4n) is 2.74. The maximum atomic E-state index is 13.6. The van der Waals surface area contributed by atoms with Gasteiger partial charge in [0.05, 0.1) is 24.3 Å². The number of hydrogen-bond acceptors (Lipinski definition) is 7. The molecule has 0 saturated heterocycles. The molecular formula is C21H30F3N3O3S. The number of nitrogens with two attached hydrogens (primary N) is 1. The normalized spacial score (nSPS) is 13.9. The fourth-order valence-corrected chi connectivity index (χ4v) is 3.63. The van der Waals surface area contributed by atoms with Crippen molar-refractivity contribution >= 4 is 11.3 Å². The van der Waals surface area contributed by atoms with Crippen molar-refractivity contribution in [2.75, 3.05) is 26.4 Å². The largest absolute Gasteiger partial charge is 0.493 e. The average molecular weight is 462 g/mol. The van der Waals surface area contributed by atoms with Crippen LogP contribution in [0.15, 0.2) is 18.2 Å². The van der Waals surface area contributed by atoms with Crippen LogP contribution in [-0.4, -0.2) is 41.7 Å². The van der Waals surface area contributed by atoms with Gasteiger partial charge in [-0.25, -0.2) is 0 Å². The summed E-state index contributed by atoms with van der Waals surface area (Å²) in [6.07, 6.45) is -0.156. The van der Waals surface area contributed by atoms with Gasteiger partial charge in [-0.3, -0.25) is 0 Å². The van der Waals surface area contributed by atoms with Crippen LogP contribution in [0.3, 0.4) is 0 Å². The number of alkyl halides is 3. The van der Waals surface area contributed by atoms with Crippen molar-refractivity contribution in [3.63, 3.8) is 0 Å². The highest BCUT2D eigenvalue weighted by Gasteiger charge is 2.35. The zero-order valence-electron chi connectivity index (χ0n) is 17.9. The molecule has 1 atom stereocenters. The van der Waals surface area contributed by atoms with Gasteiger partial charge in [0.1, 0.15) is 15.8 Å². The van der Waals surface area contributed by atoms with E-state index < -0.39 is 17.3 Å². The van der Waals surface area contributed by atoms with Crippen molar-refractivity contribution in [1.82, 2.24) is 10.2 Å². The van der Waals surface area contributed by atoms with Gasteiger partial charge in [-0.2, -0.15) is 13.2 Å². The van der Waals surface area contributed by atoms with E-state index in [1.165, 1.54) is 12.1 Å². The highest BCUT2D eigenvalue weighted by Crippen LogP contribution is 2.39. The van der Waals surface area contributed by atoms with E-state index in [0.717, 1.165) is 49.7 Å². The highest BCUT2D eigenvalue weighted by molar-refractivity contribution is 7.14. The molecule has 2 rings (SSSR count). The van der Waals surface area contributed by atoms with Crippen molar-refractivity contribution in [3.8, 4) is 16.3 Å². The lowest BCUT2D eigenvalue weighted by Crippen LogP contribution is -2.36. The first-order valence-electron chi connectivity index (χ1n) is 10.3. The zero-order valence-corrected chi connectivity index (χ0v) is 18.7. The summed E-state index contributed by atoms with van der Waals surface area (Å²) in [6, 6.07) is 3.84. The smallest absolute Gasteiger partial charge is 0.419 e. The van der Waals surface area contributed by atoms with E-state index in [1.807, 2.05) is 0 Å². The lowest BCUT2D eigenvalue weighted by molar-refractivity contribution is -0.138. The Morgan fingerprint density at radius 1 is 1.06 bits per heavy atom. The molecular weight excluding hydrogens is 431 g/mol. The molecule has 0 bridgehead atoms. The molecule has 0 spiro atoms. The third kappa shape index (κ3) is 7.71. The Bertz CT molecular complexity index is 813. The maximum absolute atomic E-state index is 13.6. The molecule has 0 aliphatic carbocycles. The second-order valence-electron chi connectivity index (χ2n) is 7.57. The predicted octanol–water partition coefficient (Wildman–Crippen LogP) is 4.76. The van der Waals surface area contributed by atoms with Crippen LogP contribution in [0, 0.1) is 0 Å². The number of aromatic nitrogens is 2. The number of benzene rings is 1. The van der Waals surface area contributed by atoms with Gasteiger partial charge in [0.2, 0.25) is 0 Å². The molecule has 0 radical (unpaired) electrons. The molecule has 0 amide bonds. The number of rotatable bonds is 13. The molecule has 174 valence electrons. The van der Waals surface area contributed by atoms with Crippen LogP contribution in [0.25, 0.3) is 10.6 Å². The molecule has 0 fully saturated rings. The summed E-state index contributed by atoms with van der Waals surface area (Å²) >= 11 is 1.05. The first-order valence-corrected chi connectivity index (χ1v) is 11.2. The van der Waals surface area contributed by atoms with Crippen molar-refractivity contribution in [3.05, 3.63) is 28.8 Å². The summed E-state index contributed by atoms with van der Waals surface area (Å²) in [7, 11) is 0. The topological polar surface area (TPSA) is 90.5 Å². The van der Waals surface area contributed by atoms with Crippen LogP contribution in [0.4, 0.5) is 13.2 Å². The van der Waals surface area contributed by atoms with Crippen LogP contribution < -0.4 is 10.5 Å². The second-order valence-corrected chi connectivity index (χ2v) is 8.55. The Morgan fingerprint density at radius 2 is 1.77 bits per heavy atom. The standard InChI is InChI=1S/C21H30F3N3O3S/c1-3-10-29-11-6-4-5-7-12-30-17-9-8-15(13-16(17)21(22,23)24)18-26-27-19(31-18)20(2,25)14-28/h8-9,13,28H,3-7,10-12,14,25H2,1-2H3/t20-/m0/s1. The van der Waals surface area contributed by atoms with Gasteiger partial charge >= 0.3 is 6.18 Å². The monoisotopic (exact) mass is 461 g/mol. The molecule has 1 aromatic carbocycles. The minimum Gasteiger partial charge on any atom is -0.493 e. The molecule has 0 unspecified atom stereocenters. The quantitative estimate of drug-likeness (QED) is 0.418. The minimum absolute atomic E-state index is 0.203. The molecule has 2 aromatic rings. The summed E-state index contributed by atoms with van der Waals surface area (Å²) in [5.41, 5.74) is 4.23. The van der Waals surface area contributed by atoms with Gasteiger partial charge in [-0.1, -0.05) is 24.7 Å². The number of hydrogen-bond donors (Lipinski definition) is 2. The first kappa shape index (κ1) is 25.5. The van der Waals surface area contributed by atoms with Gasteiger partial charge in [0.15, 0.2) is 0 Å². The molecule has 6 nitrogen and oxygen atoms in total. The highest BCUT2D eigenvalue weighted by atomic mass is 32.1. The fraction of sp³-hybridized carbons (Fsp3) is 0.619. The lowest BCUT2D eigenvalue weighted by Gasteiger charge is -2.17. The Balaban J connectivity index is 1.99. The molecule has 1 heterocycles. The third-order valence-electron chi connectivity index (χ3n) is 4.56. The van der Waals surface area contributed by atoms with Crippen molar-refractivity contribution in [2.24, 2.45) is 5.73 Å². The predicted molar refractivity (Wildman–Crippen MR) is 114 cm³/mol. The summed E-state index contributed by atoms with van der Waals surface area (Å²) < 4.78 is 51.6. The van der Waals surface area contributed by atoms with E-state index in [0.29, 0.717) is 23.0 Å². The Labute approximate surface area is 184 Å². The molecule has 10 heteroatoms. The summed E-state index contributed by atoms with van der Waals surface area (Å²) in [6.45, 7) is 4.95. The van der Waals surface area contributed by atoms with E-state index in [1.54, 1.807) is 6.92 Å². The molecule has 1 aromatic heterocycles. The van der Waals surface area contributed by atoms with Crippen molar-refractivity contribution in [1.29, 1.82) is 0 Å². The van der Waals surface area contributed by atoms with Gasteiger partial charge in [-0.15, -0.1) is 10.2 Å². The van der Waals surface area contributed by atoms with Crippen molar-refractivity contribution < 1.29 is 27.8 Å². The van der Waals surface area contributed by atoms with E-state index in [2.05, 4.69) is 17.1 Å². The number of aliphatic hydroxyl groups is 1. The Kier molecular flexibility index (Phi) is 9.67. The average Bonchev–Trinajstić information content (AvgIpc) is 3.23. The van der Waals surface area contributed by atoms with Crippen LogP contribution >= 0.6 is 11.3 Å². The number of aliphatic hydroxyl groups excluding tert-OH is 1. The summed E-state index contributed by atoms with van der Waals surface area (Å²) in [5.74, 6) is -0.203. The van der Waals surface area contributed by atoms with Gasteiger partial charge in [0.25, 0.3) is 0 Å². The van der Waals surface area contributed by atoms with E-state index >= 15 is 0 Å². The van der Waals surface area contributed by atoms with E-state index in [9.17, 15) is 18.3 Å². The van der Waals surface area contributed by atoms with Crippen LogP contribution in [0.1, 0.15) is 56.5 Å². The van der Waals surface area contributed by atoms with Gasteiger partial charge in [0, 0.05) is 18.8 Å². The molecule has 0 aliphatic heterocycles. The molecule has 31 heavy (non-hydrogen) atoms. The number of ether oxygens (including phenoxy) is 2. The summed E-state index contributed by atoms with van der Waals surface area (Å²) in [4.78, 5) is 0. The van der Waals surface area contributed by atoms with Crippen LogP contribution in [0.5, 0.6) is 5.75 Å². The number of nitrogens with zero attached hydrogens (tertiary/aromatic N) is 2. The number of halogens is 3. The third-order valence-corrected chi connectivity index (χ3v) is 5.81. The molecule has 0 aliphatic rings. The number of unbranched alkanes of at least 4 members (excludes halogenated alkanes) is 3. The Hall–Kier alpha value is -1.75. The minimum atomic E-state index is -4.57.